The average molecular weight is 429 g/mol. The summed E-state index contributed by atoms with van der Waals surface area (Å²) < 4.78 is 0. The molecular weight excluding hydrogens is 407 g/mol. The summed E-state index contributed by atoms with van der Waals surface area (Å²) >= 11 is 0. The Bertz CT molecular complexity index is 680. The van der Waals surface area contributed by atoms with Crippen LogP contribution in [-0.2, 0) is 21.7 Å². The Kier molecular flexibility index (Phi) is 13.5. The summed E-state index contributed by atoms with van der Waals surface area (Å²) in [5.41, 5.74) is 3.75. The number of hydrogen-bond acceptors (Lipinski definition) is 0. The molecule has 0 aromatic heterocycles. The molecule has 0 spiro atoms. The third-order valence-corrected chi connectivity index (χ3v) is 3.77. The molecule has 0 unspecified atom stereocenters. The van der Waals surface area contributed by atoms with E-state index in [0.717, 1.165) is 6.42 Å². The van der Waals surface area contributed by atoms with E-state index < -0.39 is 0 Å². The van der Waals surface area contributed by atoms with E-state index in [4.69, 9.17) is 0 Å². The molecule has 1 aliphatic rings. The van der Waals surface area contributed by atoms with Crippen LogP contribution in [0.15, 0.2) is 109 Å². The van der Waals surface area contributed by atoms with E-state index in [1.807, 2.05) is 12.2 Å². The second kappa shape index (κ2) is 14.4. The maximum absolute atomic E-state index is 2.99. The molecule has 0 nitrogen and oxygen atoms in total. The van der Waals surface area contributed by atoms with Crippen LogP contribution in [0.25, 0.3) is 0 Å². The molecule has 136 valence electrons. The molecule has 0 N–H and O–H groups in total. The number of hydrogen-bond donors (Lipinski definition) is 0. The molecule has 27 heavy (non-hydrogen) atoms. The minimum absolute atomic E-state index is 0. The zero-order valence-corrected chi connectivity index (χ0v) is 18.1. The molecule has 0 fully saturated rings. The second-order valence-electron chi connectivity index (χ2n) is 5.48. The van der Waals surface area contributed by atoms with Crippen molar-refractivity contribution in [3.63, 3.8) is 0 Å². The predicted octanol–water partition coefficient (Wildman–Crippen LogP) is 6.85. The first kappa shape index (κ1) is 25.3. The first-order chi connectivity index (χ1) is 11.9. The van der Waals surface area contributed by atoms with Crippen molar-refractivity contribution < 1.29 is 21.7 Å². The summed E-state index contributed by atoms with van der Waals surface area (Å²) in [4.78, 5) is 0. The van der Waals surface area contributed by atoms with E-state index in [9.17, 15) is 0 Å². The van der Waals surface area contributed by atoms with Gasteiger partial charge in [0.1, 0.15) is 0 Å². The summed E-state index contributed by atoms with van der Waals surface area (Å²) in [7, 11) is 0. The molecule has 3 aromatic carbocycles. The summed E-state index contributed by atoms with van der Waals surface area (Å²) in [5, 5.41) is 0. The van der Waals surface area contributed by atoms with Crippen LogP contribution in [0, 0.1) is 12.0 Å². The van der Waals surface area contributed by atoms with Crippen molar-refractivity contribution in [2.75, 3.05) is 0 Å². The van der Waals surface area contributed by atoms with Gasteiger partial charge in [-0.2, -0.15) is 6.08 Å². The molecule has 0 heterocycles. The summed E-state index contributed by atoms with van der Waals surface area (Å²) in [6.45, 7) is 0. The molecule has 0 amide bonds. The van der Waals surface area contributed by atoms with E-state index in [0.29, 0.717) is 0 Å². The van der Waals surface area contributed by atoms with Crippen molar-refractivity contribution >= 4 is 24.8 Å². The zero-order chi connectivity index (χ0) is 16.5. The van der Waals surface area contributed by atoms with E-state index in [-0.39, 0.29) is 46.5 Å². The Hall–Kier alpha value is -1.70. The number of benzene rings is 3. The molecule has 0 radical (unpaired) electrons. The van der Waals surface area contributed by atoms with Crippen LogP contribution in [0.1, 0.15) is 23.1 Å². The molecule has 3 aromatic rings. The third-order valence-electron chi connectivity index (χ3n) is 3.77. The monoisotopic (exact) mass is 428 g/mol. The Morgan fingerprint density at radius 1 is 0.593 bits per heavy atom. The number of halogens is 2. The van der Waals surface area contributed by atoms with E-state index >= 15 is 0 Å². The molecule has 0 saturated heterocycles. The predicted molar refractivity (Wildman–Crippen MR) is 116 cm³/mol. The fraction of sp³-hybridized carbons (Fsp3) is 0.0417. The van der Waals surface area contributed by atoms with Gasteiger partial charge in [0, 0.05) is 0 Å². The third kappa shape index (κ3) is 7.83. The molecule has 4 rings (SSSR count). The Morgan fingerprint density at radius 2 is 0.963 bits per heavy atom. The first-order valence-electron chi connectivity index (χ1n) is 8.20. The van der Waals surface area contributed by atoms with Gasteiger partial charge in [0.25, 0.3) is 0 Å². The molecule has 1 aliphatic carbocycles. The Balaban J connectivity index is 0.000000742. The van der Waals surface area contributed by atoms with Gasteiger partial charge in [-0.1, -0.05) is 114 Å². The van der Waals surface area contributed by atoms with Crippen molar-refractivity contribution in [1.82, 2.24) is 0 Å². The van der Waals surface area contributed by atoms with Crippen molar-refractivity contribution in [1.29, 1.82) is 0 Å². The smallest absolute Gasteiger partial charge is 0.273 e. The van der Waals surface area contributed by atoms with Gasteiger partial charge in [-0.3, -0.25) is 6.08 Å². The normalized spacial score (nSPS) is 10.4. The quantitative estimate of drug-likeness (QED) is 0.243. The largest absolute Gasteiger partial charge is 2.00 e. The van der Waals surface area contributed by atoms with Gasteiger partial charge in [0.2, 0.25) is 0 Å². The van der Waals surface area contributed by atoms with Crippen molar-refractivity contribution in [3.8, 4) is 0 Å². The van der Waals surface area contributed by atoms with Gasteiger partial charge in [0.05, 0.1) is 0 Å². The SMILES string of the molecule is Cl.Cl.[C-]1=CC=CC1.[Ti+2].c1ccc([C-](c2ccccc2)c2ccccc2)cc1. The standard InChI is InChI=1S/C19H15.C5H5.2ClH.Ti/c1-4-10-16(11-5-1)19(17-12-6-2-7-13-17)18-14-8-3-9-15-18;1-2-4-5-3-1;;;/h1-15H;1-3H,4H2;2*1H;/q2*-1;;;+2. The van der Waals surface area contributed by atoms with Crippen LogP contribution in [0.3, 0.4) is 0 Å². The number of rotatable bonds is 3. The molecule has 0 aliphatic heterocycles. The number of allylic oxidation sites excluding steroid dienone is 4. The van der Waals surface area contributed by atoms with Crippen LogP contribution in [0.2, 0.25) is 0 Å². The summed E-state index contributed by atoms with van der Waals surface area (Å²) in [6, 6.07) is 31.6. The van der Waals surface area contributed by atoms with Crippen LogP contribution in [0.5, 0.6) is 0 Å². The van der Waals surface area contributed by atoms with Crippen LogP contribution in [-0.4, -0.2) is 0 Å². The van der Waals surface area contributed by atoms with Gasteiger partial charge in [0.15, 0.2) is 0 Å². The van der Waals surface area contributed by atoms with Crippen molar-refractivity contribution in [2.45, 2.75) is 6.42 Å². The Morgan fingerprint density at radius 3 is 1.19 bits per heavy atom. The van der Waals surface area contributed by atoms with Crippen molar-refractivity contribution in [3.05, 3.63) is 138 Å². The topological polar surface area (TPSA) is 0 Å². The van der Waals surface area contributed by atoms with E-state index in [1.165, 1.54) is 22.6 Å². The van der Waals surface area contributed by atoms with Crippen LogP contribution >= 0.6 is 24.8 Å². The maximum atomic E-state index is 2.99. The van der Waals surface area contributed by atoms with Gasteiger partial charge in [-0.15, -0.1) is 31.2 Å². The van der Waals surface area contributed by atoms with Gasteiger partial charge < -0.3 is 0 Å². The van der Waals surface area contributed by atoms with Crippen LogP contribution in [0.4, 0.5) is 0 Å². The fourth-order valence-corrected chi connectivity index (χ4v) is 2.65. The molecule has 0 bridgehead atoms. The van der Waals surface area contributed by atoms with Gasteiger partial charge in [-0.05, 0) is 0 Å². The van der Waals surface area contributed by atoms with Gasteiger partial charge in [-0.25, -0.2) is 12.2 Å². The molecular formula is C24H22Cl2Ti. The second-order valence-corrected chi connectivity index (χ2v) is 5.48. The maximum Gasteiger partial charge on any atom is 2.00 e. The van der Waals surface area contributed by atoms with Crippen molar-refractivity contribution in [2.24, 2.45) is 0 Å². The minimum atomic E-state index is 0. The first-order valence-corrected chi connectivity index (χ1v) is 8.20. The van der Waals surface area contributed by atoms with E-state index in [1.54, 1.807) is 0 Å². The molecule has 0 saturated carbocycles. The Labute approximate surface area is 190 Å². The minimum Gasteiger partial charge on any atom is -0.273 e. The molecule has 0 atom stereocenters. The summed E-state index contributed by atoms with van der Waals surface area (Å²) in [5.74, 6) is 1.28. The van der Waals surface area contributed by atoms with Gasteiger partial charge >= 0.3 is 21.7 Å². The summed E-state index contributed by atoms with van der Waals surface area (Å²) in [6.07, 6.45) is 10.0. The van der Waals surface area contributed by atoms with E-state index in [2.05, 4.69) is 103 Å². The van der Waals surface area contributed by atoms with Crippen LogP contribution < -0.4 is 0 Å². The zero-order valence-electron chi connectivity index (χ0n) is 14.9. The average Bonchev–Trinajstić information content (AvgIpc) is 3.25. The molecule has 3 heteroatoms. The fourth-order valence-electron chi connectivity index (χ4n) is 2.65.